The first-order valence-electron chi connectivity index (χ1n) is 10.4. The van der Waals surface area contributed by atoms with Gasteiger partial charge in [0.15, 0.2) is 23.1 Å². The van der Waals surface area contributed by atoms with Crippen molar-refractivity contribution in [3.63, 3.8) is 0 Å². The summed E-state index contributed by atoms with van der Waals surface area (Å²) >= 11 is 0. The van der Waals surface area contributed by atoms with Crippen LogP contribution in [-0.4, -0.2) is 52.7 Å². The van der Waals surface area contributed by atoms with E-state index in [1.54, 1.807) is 43.1 Å². The van der Waals surface area contributed by atoms with Gasteiger partial charge in [-0.15, -0.1) is 0 Å². The zero-order chi connectivity index (χ0) is 23.0. The summed E-state index contributed by atoms with van der Waals surface area (Å²) < 4.78 is 1.73. The maximum Gasteiger partial charge on any atom is 0.410 e. The Labute approximate surface area is 184 Å². The first-order valence-corrected chi connectivity index (χ1v) is 10.4. The zero-order valence-electron chi connectivity index (χ0n) is 18.1. The predicted molar refractivity (Wildman–Crippen MR) is 118 cm³/mol. The summed E-state index contributed by atoms with van der Waals surface area (Å²) in [7, 11) is 1.77. The Kier molecular flexibility index (Phi) is 5.51. The lowest BCUT2D eigenvalue weighted by atomic mass is 9.80. The van der Waals surface area contributed by atoms with E-state index < -0.39 is 17.5 Å². The highest BCUT2D eigenvalue weighted by atomic mass is 16.4. The van der Waals surface area contributed by atoms with Gasteiger partial charge < -0.3 is 20.1 Å². The Hall–Kier alpha value is -3.60. The van der Waals surface area contributed by atoms with Crippen LogP contribution in [0.2, 0.25) is 0 Å². The molecule has 0 aromatic carbocycles. The number of aromatic nitrogens is 5. The molecule has 0 aliphatic heterocycles. The molecule has 2 atom stereocenters. The summed E-state index contributed by atoms with van der Waals surface area (Å²) in [5.41, 5.74) is -0.0198. The second kappa shape index (κ2) is 8.15. The molecule has 3 aromatic heterocycles. The monoisotopic (exact) mass is 438 g/mol. The molecule has 32 heavy (non-hydrogen) atoms. The Balaban J connectivity index is 1.84. The van der Waals surface area contributed by atoms with Crippen LogP contribution in [0.5, 0.6) is 0 Å². The fourth-order valence-electron chi connectivity index (χ4n) is 4.00. The van der Waals surface area contributed by atoms with Crippen LogP contribution in [0.15, 0.2) is 24.5 Å². The number of amides is 1. The third-order valence-corrected chi connectivity index (χ3v) is 6.09. The lowest BCUT2D eigenvalue weighted by Crippen LogP contribution is -2.33. The molecule has 1 saturated carbocycles. The fraction of sp³-hybridized carbons (Fsp3) is 0.429. The second-order valence-electron chi connectivity index (χ2n) is 8.30. The standard InChI is InChI=1S/C21H26N8O3/c1-11(12-5-4-6-12)24-16-14-17(27-18(26-16)15(22)25-20(30)31)28-19(29(14)3)21(2,32)13-7-9-23-10-8-13/h7-12,32H,4-6H2,1-3H3,(H2,22,25)(H,30,31)(H,24,26,27)/t11-,21?/m1/s1. The normalized spacial score (nSPS) is 16.8. The molecular formula is C21H26N8O3. The number of pyridine rings is 1. The van der Waals surface area contributed by atoms with E-state index in [2.05, 4.69) is 32.2 Å². The summed E-state index contributed by atoms with van der Waals surface area (Å²) in [6.07, 6.45) is 5.25. The van der Waals surface area contributed by atoms with Crippen molar-refractivity contribution in [3.05, 3.63) is 41.7 Å². The summed E-state index contributed by atoms with van der Waals surface area (Å²) in [5, 5.41) is 33.7. The molecule has 0 radical (unpaired) electrons. The number of nitrogens with zero attached hydrogens (tertiary/aromatic N) is 5. The van der Waals surface area contributed by atoms with Gasteiger partial charge in [0.05, 0.1) is 0 Å². The molecule has 1 unspecified atom stereocenters. The summed E-state index contributed by atoms with van der Waals surface area (Å²) in [4.78, 5) is 28.3. The third-order valence-electron chi connectivity index (χ3n) is 6.09. The number of aryl methyl sites for hydroxylation is 1. The number of imidazole rings is 1. The highest BCUT2D eigenvalue weighted by molar-refractivity contribution is 6.03. The predicted octanol–water partition coefficient (Wildman–Crippen LogP) is 2.21. The van der Waals surface area contributed by atoms with Crippen molar-refractivity contribution in [2.45, 2.75) is 44.8 Å². The lowest BCUT2D eigenvalue weighted by molar-refractivity contribution is 0.0896. The molecular weight excluding hydrogens is 412 g/mol. The zero-order valence-corrected chi connectivity index (χ0v) is 18.1. The van der Waals surface area contributed by atoms with Gasteiger partial charge in [-0.05, 0) is 50.3 Å². The Bertz CT molecular complexity index is 1170. The van der Waals surface area contributed by atoms with Crippen LogP contribution in [-0.2, 0) is 12.6 Å². The van der Waals surface area contributed by atoms with Crippen molar-refractivity contribution in [3.8, 4) is 0 Å². The van der Waals surface area contributed by atoms with Crippen LogP contribution in [0, 0.1) is 11.3 Å². The molecule has 11 heteroatoms. The number of aliphatic hydroxyl groups is 1. The van der Waals surface area contributed by atoms with Crippen LogP contribution in [0.25, 0.3) is 11.2 Å². The van der Waals surface area contributed by atoms with Crippen LogP contribution in [0.1, 0.15) is 50.3 Å². The molecule has 4 rings (SSSR count). The smallest absolute Gasteiger partial charge is 0.410 e. The van der Waals surface area contributed by atoms with Crippen molar-refractivity contribution >= 4 is 28.9 Å². The molecule has 1 fully saturated rings. The van der Waals surface area contributed by atoms with Crippen molar-refractivity contribution in [2.75, 3.05) is 5.32 Å². The van der Waals surface area contributed by atoms with Crippen molar-refractivity contribution in [2.24, 2.45) is 13.0 Å². The number of anilines is 1. The Morgan fingerprint density at radius 2 is 1.97 bits per heavy atom. The van der Waals surface area contributed by atoms with Crippen LogP contribution in [0.4, 0.5) is 10.6 Å². The van der Waals surface area contributed by atoms with E-state index in [4.69, 9.17) is 10.5 Å². The minimum absolute atomic E-state index is 0.101. The SMILES string of the molecule is C[C@@H](Nc1nc(C(=N)NC(=O)O)nc2nc(C(C)(O)c3ccncc3)n(C)c12)C1CCC1. The maximum absolute atomic E-state index is 11.3. The molecule has 3 aromatic rings. The molecule has 11 nitrogen and oxygen atoms in total. The number of carboxylic acid groups (broad SMARTS) is 1. The van der Waals surface area contributed by atoms with Crippen LogP contribution >= 0.6 is 0 Å². The quantitative estimate of drug-likeness (QED) is 0.289. The van der Waals surface area contributed by atoms with Gasteiger partial charge in [0.25, 0.3) is 0 Å². The van der Waals surface area contributed by atoms with Gasteiger partial charge in [-0.1, -0.05) is 6.42 Å². The molecule has 0 spiro atoms. The van der Waals surface area contributed by atoms with Gasteiger partial charge >= 0.3 is 6.09 Å². The molecule has 0 bridgehead atoms. The van der Waals surface area contributed by atoms with Crippen molar-refractivity contribution in [1.82, 2.24) is 29.8 Å². The molecule has 3 heterocycles. The van der Waals surface area contributed by atoms with E-state index in [9.17, 15) is 9.90 Å². The van der Waals surface area contributed by atoms with Gasteiger partial charge in [-0.3, -0.25) is 15.7 Å². The van der Waals surface area contributed by atoms with Crippen LogP contribution < -0.4 is 10.6 Å². The molecule has 0 saturated heterocycles. The van der Waals surface area contributed by atoms with E-state index in [1.807, 2.05) is 5.32 Å². The van der Waals surface area contributed by atoms with Gasteiger partial charge in [-0.2, -0.15) is 0 Å². The maximum atomic E-state index is 11.3. The average Bonchev–Trinajstić information content (AvgIpc) is 3.04. The molecule has 1 amide bonds. The summed E-state index contributed by atoms with van der Waals surface area (Å²) in [6, 6.07) is 3.54. The first kappa shape index (κ1) is 21.6. The molecule has 1 aliphatic carbocycles. The number of amidine groups is 1. The van der Waals surface area contributed by atoms with Gasteiger partial charge in [0, 0.05) is 25.5 Å². The number of hydrogen-bond acceptors (Lipinski definition) is 8. The third kappa shape index (κ3) is 3.86. The van der Waals surface area contributed by atoms with E-state index in [0.717, 1.165) is 12.8 Å². The number of nitrogens with one attached hydrogen (secondary N) is 3. The minimum Gasteiger partial charge on any atom is -0.465 e. The van der Waals surface area contributed by atoms with E-state index in [1.165, 1.54) is 6.42 Å². The minimum atomic E-state index is -1.44. The lowest BCUT2D eigenvalue weighted by Gasteiger charge is -2.32. The van der Waals surface area contributed by atoms with E-state index in [0.29, 0.717) is 28.6 Å². The first-order chi connectivity index (χ1) is 15.2. The van der Waals surface area contributed by atoms with Crippen molar-refractivity contribution in [1.29, 1.82) is 5.41 Å². The average molecular weight is 438 g/mol. The van der Waals surface area contributed by atoms with E-state index >= 15 is 0 Å². The summed E-state index contributed by atoms with van der Waals surface area (Å²) in [6.45, 7) is 3.71. The highest BCUT2D eigenvalue weighted by Gasteiger charge is 2.33. The topological polar surface area (TPSA) is 162 Å². The van der Waals surface area contributed by atoms with Crippen molar-refractivity contribution < 1.29 is 15.0 Å². The highest BCUT2D eigenvalue weighted by Crippen LogP contribution is 2.34. The number of hydrogen-bond donors (Lipinski definition) is 5. The molecule has 5 N–H and O–H groups in total. The number of fused-ring (bicyclic) bond motifs is 1. The van der Waals surface area contributed by atoms with E-state index in [-0.39, 0.29) is 17.5 Å². The van der Waals surface area contributed by atoms with Crippen LogP contribution in [0.3, 0.4) is 0 Å². The van der Waals surface area contributed by atoms with Gasteiger partial charge in [0.1, 0.15) is 16.9 Å². The Morgan fingerprint density at radius 3 is 2.56 bits per heavy atom. The van der Waals surface area contributed by atoms with Gasteiger partial charge in [-0.25, -0.2) is 19.7 Å². The second-order valence-corrected chi connectivity index (χ2v) is 8.30. The number of rotatable bonds is 6. The Morgan fingerprint density at radius 1 is 1.28 bits per heavy atom. The summed E-state index contributed by atoms with van der Waals surface area (Å²) in [5.74, 6) is 0.728. The molecule has 168 valence electrons. The van der Waals surface area contributed by atoms with Gasteiger partial charge in [0.2, 0.25) is 0 Å². The largest absolute Gasteiger partial charge is 0.465 e. The molecule has 1 aliphatic rings. The fourth-order valence-corrected chi connectivity index (χ4v) is 4.00. The number of carbonyl (C=O) groups is 1.